The fourth-order valence-corrected chi connectivity index (χ4v) is 3.04. The number of nitrogens with one attached hydrogen (secondary N) is 1. The zero-order valence-corrected chi connectivity index (χ0v) is 14.4. The first-order chi connectivity index (χ1) is 12.0. The van der Waals surface area contributed by atoms with Gasteiger partial charge in [-0.05, 0) is 60.1 Å². The fourth-order valence-electron chi connectivity index (χ4n) is 2.34. The van der Waals surface area contributed by atoms with Crippen molar-refractivity contribution in [3.8, 4) is 5.82 Å². The van der Waals surface area contributed by atoms with Gasteiger partial charge in [0.15, 0.2) is 0 Å². The van der Waals surface area contributed by atoms with Crippen LogP contribution in [0.3, 0.4) is 0 Å². The molecule has 0 bridgehead atoms. The van der Waals surface area contributed by atoms with Crippen LogP contribution in [0, 0.1) is 13.8 Å². The molecule has 0 amide bonds. The zero-order valence-electron chi connectivity index (χ0n) is 13.6. The van der Waals surface area contributed by atoms with E-state index in [1.165, 1.54) is 18.6 Å². The summed E-state index contributed by atoms with van der Waals surface area (Å²) in [4.78, 5) is 18.8. The average Bonchev–Trinajstić information content (AvgIpc) is 2.95. The lowest BCUT2D eigenvalue weighted by Crippen LogP contribution is -2.33. The summed E-state index contributed by atoms with van der Waals surface area (Å²) < 4.78 is 1.83. The molecule has 0 radical (unpaired) electrons. The molecular weight excluding hydrogens is 338 g/mol. The molecule has 7 nitrogen and oxygen atoms in total. The van der Waals surface area contributed by atoms with E-state index in [0.29, 0.717) is 16.3 Å². The van der Waals surface area contributed by atoms with E-state index in [2.05, 4.69) is 20.2 Å². The molecule has 0 aromatic carbocycles. The van der Waals surface area contributed by atoms with E-state index in [4.69, 9.17) is 0 Å². The molecule has 126 valence electrons. The lowest BCUT2D eigenvalue weighted by Gasteiger charge is -2.06. The summed E-state index contributed by atoms with van der Waals surface area (Å²) >= 11 is 1.01. The van der Waals surface area contributed by atoms with Crippen molar-refractivity contribution in [1.82, 2.24) is 9.97 Å². The smallest absolute Gasteiger partial charge is 0.390 e. The second kappa shape index (κ2) is 7.18. The predicted octanol–water partition coefficient (Wildman–Crippen LogP) is 0.866. The van der Waals surface area contributed by atoms with Crippen molar-refractivity contribution >= 4 is 23.4 Å². The number of aromatic nitrogens is 3. The molecule has 0 spiro atoms. The molecule has 8 heteroatoms. The van der Waals surface area contributed by atoms with Gasteiger partial charge in [0.2, 0.25) is 0 Å². The van der Waals surface area contributed by atoms with Gasteiger partial charge < -0.3 is 5.11 Å². The number of hydrogen-bond donors (Lipinski definition) is 1. The summed E-state index contributed by atoms with van der Waals surface area (Å²) in [7, 11) is 0. The molecule has 0 aliphatic carbocycles. The lowest BCUT2D eigenvalue weighted by molar-refractivity contribution is -0.600. The van der Waals surface area contributed by atoms with Gasteiger partial charge in [0.1, 0.15) is 4.88 Å². The first-order valence-corrected chi connectivity index (χ1v) is 8.26. The van der Waals surface area contributed by atoms with E-state index >= 15 is 0 Å². The summed E-state index contributed by atoms with van der Waals surface area (Å²) in [5.74, 6) is 0.124. The van der Waals surface area contributed by atoms with Crippen molar-refractivity contribution in [3.05, 3.63) is 74.2 Å². The Balaban J connectivity index is 1.92. The molecule has 0 saturated carbocycles. The van der Waals surface area contributed by atoms with E-state index in [1.807, 2.05) is 36.9 Å². The molecule has 3 heterocycles. The number of hydrogen-bond acceptors (Lipinski definition) is 6. The highest BCUT2D eigenvalue weighted by atomic mass is 32.1. The number of H-pyrrole nitrogens is 1. The van der Waals surface area contributed by atoms with E-state index in [-0.39, 0.29) is 4.87 Å². The van der Waals surface area contributed by atoms with Crippen LogP contribution in [0.25, 0.3) is 5.82 Å². The SMILES string of the molecule is Cc1cc(C)c[n+](-c2[nH]c(=O)sc2/C=N/N=C([O-])c2ccncc2)c1. The molecule has 25 heavy (non-hydrogen) atoms. The lowest BCUT2D eigenvalue weighted by atomic mass is 10.2. The van der Waals surface area contributed by atoms with Crippen molar-refractivity contribution in [2.75, 3.05) is 0 Å². The van der Waals surface area contributed by atoms with Crippen LogP contribution < -0.4 is 14.5 Å². The monoisotopic (exact) mass is 353 g/mol. The van der Waals surface area contributed by atoms with Crippen LogP contribution >= 0.6 is 11.3 Å². The van der Waals surface area contributed by atoms with Gasteiger partial charge in [-0.3, -0.25) is 4.98 Å². The third-order valence-electron chi connectivity index (χ3n) is 3.31. The van der Waals surface area contributed by atoms with Crippen molar-refractivity contribution in [3.63, 3.8) is 0 Å². The number of aryl methyl sites for hydroxylation is 2. The van der Waals surface area contributed by atoms with E-state index in [1.54, 1.807) is 12.1 Å². The molecule has 0 aliphatic rings. The Morgan fingerprint density at radius 1 is 1.28 bits per heavy atom. The highest BCUT2D eigenvalue weighted by molar-refractivity contribution is 7.11. The Bertz CT molecular complexity index is 985. The highest BCUT2D eigenvalue weighted by Crippen LogP contribution is 2.08. The first-order valence-electron chi connectivity index (χ1n) is 7.44. The summed E-state index contributed by atoms with van der Waals surface area (Å²) in [5, 5.41) is 19.4. The van der Waals surface area contributed by atoms with Crippen LogP contribution in [0.5, 0.6) is 0 Å². The minimum absolute atomic E-state index is 0.205. The molecule has 0 unspecified atom stereocenters. The first kappa shape index (κ1) is 16.7. The van der Waals surface area contributed by atoms with Crippen molar-refractivity contribution in [2.45, 2.75) is 13.8 Å². The minimum atomic E-state index is -0.470. The van der Waals surface area contributed by atoms with Crippen molar-refractivity contribution in [1.29, 1.82) is 0 Å². The van der Waals surface area contributed by atoms with Gasteiger partial charge in [0, 0.05) is 18.3 Å². The van der Waals surface area contributed by atoms with Crippen LogP contribution in [0.15, 0.2) is 58.0 Å². The molecule has 0 fully saturated rings. The number of aromatic amines is 1. The molecule has 3 rings (SSSR count). The third-order valence-corrected chi connectivity index (χ3v) is 4.11. The van der Waals surface area contributed by atoms with Crippen LogP contribution in [0.4, 0.5) is 0 Å². The number of thiazole rings is 1. The number of nitrogens with zero attached hydrogens (tertiary/aromatic N) is 4. The van der Waals surface area contributed by atoms with Crippen LogP contribution in [-0.2, 0) is 0 Å². The fraction of sp³-hybridized carbons (Fsp3) is 0.118. The maximum atomic E-state index is 11.9. The predicted molar refractivity (Wildman–Crippen MR) is 94.3 cm³/mol. The van der Waals surface area contributed by atoms with Gasteiger partial charge >= 0.3 is 10.7 Å². The van der Waals surface area contributed by atoms with Crippen LogP contribution in [0.1, 0.15) is 21.6 Å². The Morgan fingerprint density at radius 2 is 1.96 bits per heavy atom. The Morgan fingerprint density at radius 3 is 2.64 bits per heavy atom. The summed E-state index contributed by atoms with van der Waals surface area (Å²) in [6.07, 6.45) is 8.24. The molecular formula is C17H15N5O2S. The maximum Gasteiger partial charge on any atom is 0.390 e. The third kappa shape index (κ3) is 4.04. The number of rotatable bonds is 4. The van der Waals surface area contributed by atoms with E-state index < -0.39 is 5.90 Å². The minimum Gasteiger partial charge on any atom is -0.857 e. The Kier molecular flexibility index (Phi) is 4.80. The van der Waals surface area contributed by atoms with Crippen molar-refractivity contribution < 1.29 is 9.67 Å². The van der Waals surface area contributed by atoms with Gasteiger partial charge in [0.05, 0.1) is 18.6 Å². The highest BCUT2D eigenvalue weighted by Gasteiger charge is 2.16. The molecule has 0 saturated heterocycles. The Labute approximate surface area is 147 Å². The maximum absolute atomic E-state index is 11.9. The normalized spacial score (nSPS) is 12.0. The molecule has 3 aromatic rings. The zero-order chi connectivity index (χ0) is 17.8. The number of pyridine rings is 2. The average molecular weight is 353 g/mol. The quantitative estimate of drug-likeness (QED) is 0.326. The topological polar surface area (TPSA) is 97.4 Å². The molecule has 3 aromatic heterocycles. The summed E-state index contributed by atoms with van der Waals surface area (Å²) in [6, 6.07) is 5.16. The molecule has 1 N–H and O–H groups in total. The van der Waals surface area contributed by atoms with E-state index in [9.17, 15) is 9.90 Å². The van der Waals surface area contributed by atoms with Gasteiger partial charge in [0.25, 0.3) is 0 Å². The summed E-state index contributed by atoms with van der Waals surface area (Å²) in [6.45, 7) is 3.95. The second-order valence-electron chi connectivity index (χ2n) is 5.41. The molecule has 0 aliphatic heterocycles. The molecule has 0 atom stereocenters. The van der Waals surface area contributed by atoms with Gasteiger partial charge in [-0.2, -0.15) is 15.2 Å². The van der Waals surface area contributed by atoms with Crippen LogP contribution in [-0.4, -0.2) is 22.1 Å². The van der Waals surface area contributed by atoms with Gasteiger partial charge in [-0.25, -0.2) is 9.36 Å². The summed E-state index contributed by atoms with van der Waals surface area (Å²) in [5.41, 5.74) is 2.53. The van der Waals surface area contributed by atoms with Crippen LogP contribution in [0.2, 0.25) is 0 Å². The Hall–Kier alpha value is -3.13. The van der Waals surface area contributed by atoms with Crippen molar-refractivity contribution in [2.24, 2.45) is 10.2 Å². The second-order valence-corrected chi connectivity index (χ2v) is 6.43. The van der Waals surface area contributed by atoms with E-state index in [0.717, 1.165) is 22.5 Å². The largest absolute Gasteiger partial charge is 0.857 e. The van der Waals surface area contributed by atoms with Gasteiger partial charge in [-0.15, -0.1) is 0 Å². The van der Waals surface area contributed by atoms with Gasteiger partial charge in [-0.1, -0.05) is 0 Å². The standard InChI is InChI=1S/C17H15N5O2S/c1-11-7-12(2)10-22(9-11)15-14(25-17(24)20-15)8-19-21-16(23)13-3-5-18-6-4-13/h3-10H,1-2H3,(H-,18,19,20,21,23,24).